The summed E-state index contributed by atoms with van der Waals surface area (Å²) >= 11 is 5.96. The van der Waals surface area contributed by atoms with Gasteiger partial charge in [0.25, 0.3) is 0 Å². The molecule has 0 saturated carbocycles. The molecule has 0 unspecified atom stereocenters. The maximum absolute atomic E-state index is 12.1. The predicted octanol–water partition coefficient (Wildman–Crippen LogP) is 5.76. The Balaban J connectivity index is 1.29. The molecule has 0 bridgehead atoms. The Morgan fingerprint density at radius 1 is 1.19 bits per heavy atom. The van der Waals surface area contributed by atoms with E-state index in [1.165, 1.54) is 5.56 Å². The van der Waals surface area contributed by atoms with Crippen molar-refractivity contribution in [2.75, 3.05) is 26.7 Å². The van der Waals surface area contributed by atoms with Crippen molar-refractivity contribution in [3.63, 3.8) is 0 Å². The van der Waals surface area contributed by atoms with Gasteiger partial charge in [-0.05, 0) is 105 Å². The molecule has 2 aromatic carbocycles. The largest absolute Gasteiger partial charge is 0.497 e. The second-order valence-corrected chi connectivity index (χ2v) is 10.2. The summed E-state index contributed by atoms with van der Waals surface area (Å²) in [7, 11) is 1.62. The molecule has 3 aromatic rings. The number of unbranched alkanes of at least 4 members (excludes halogenated alkanes) is 1. The molecule has 2 N–H and O–H groups in total. The Labute approximate surface area is 217 Å². The van der Waals surface area contributed by atoms with Crippen molar-refractivity contribution in [3.05, 3.63) is 70.9 Å². The fraction of sp³-hybridized carbons (Fsp3) is 0.448. The van der Waals surface area contributed by atoms with Crippen LogP contribution in [-0.2, 0) is 11.2 Å². The number of aromatic nitrogens is 1. The van der Waals surface area contributed by atoms with Gasteiger partial charge in [0.15, 0.2) is 0 Å². The van der Waals surface area contributed by atoms with Gasteiger partial charge in [0.05, 0.1) is 24.6 Å². The number of piperidine rings is 1. The maximum Gasteiger partial charge on any atom is 0.308 e. The van der Waals surface area contributed by atoms with Crippen molar-refractivity contribution in [1.29, 1.82) is 0 Å². The van der Waals surface area contributed by atoms with Crippen LogP contribution in [0.15, 0.2) is 54.7 Å². The molecule has 4 rings (SSSR count). The van der Waals surface area contributed by atoms with Gasteiger partial charge in [-0.1, -0.05) is 23.7 Å². The number of pyridine rings is 1. The summed E-state index contributed by atoms with van der Waals surface area (Å²) in [4.78, 5) is 18.8. The second-order valence-electron chi connectivity index (χ2n) is 9.75. The number of carboxylic acid groups (broad SMARTS) is 1. The van der Waals surface area contributed by atoms with Crippen LogP contribution in [0.2, 0.25) is 5.02 Å². The smallest absolute Gasteiger partial charge is 0.308 e. The van der Waals surface area contributed by atoms with E-state index in [2.05, 4.69) is 22.0 Å². The van der Waals surface area contributed by atoms with Gasteiger partial charge in [-0.3, -0.25) is 9.78 Å². The number of methoxy groups -OCH3 is 1. The number of carboxylic acids is 1. The highest BCUT2D eigenvalue weighted by Crippen LogP contribution is 2.33. The third-order valence-electron chi connectivity index (χ3n) is 7.41. The topological polar surface area (TPSA) is 82.9 Å². The van der Waals surface area contributed by atoms with Crippen molar-refractivity contribution < 1.29 is 19.7 Å². The first-order chi connectivity index (χ1) is 17.4. The minimum Gasteiger partial charge on any atom is -0.497 e. The Kier molecular flexibility index (Phi) is 9.19. The number of likely N-dealkylation sites (tertiary alicyclic amines) is 1. The zero-order chi connectivity index (χ0) is 25.5. The van der Waals surface area contributed by atoms with Gasteiger partial charge in [0, 0.05) is 23.2 Å². The monoisotopic (exact) mass is 510 g/mol. The van der Waals surface area contributed by atoms with Crippen LogP contribution in [0.3, 0.4) is 0 Å². The van der Waals surface area contributed by atoms with Crippen LogP contribution in [0.5, 0.6) is 5.75 Å². The van der Waals surface area contributed by atoms with E-state index in [1.807, 2.05) is 36.4 Å². The van der Waals surface area contributed by atoms with Crippen molar-refractivity contribution in [3.8, 4) is 5.75 Å². The molecule has 192 valence electrons. The summed E-state index contributed by atoms with van der Waals surface area (Å²) < 4.78 is 5.34. The van der Waals surface area contributed by atoms with Crippen LogP contribution in [0, 0.1) is 11.8 Å². The van der Waals surface area contributed by atoms with Gasteiger partial charge in [-0.15, -0.1) is 0 Å². The number of halogens is 1. The molecule has 0 amide bonds. The highest BCUT2D eigenvalue weighted by Gasteiger charge is 2.34. The summed E-state index contributed by atoms with van der Waals surface area (Å²) in [5.41, 5.74) is 2.89. The first-order valence-electron chi connectivity index (χ1n) is 12.7. The Hall–Kier alpha value is -2.67. The predicted molar refractivity (Wildman–Crippen MR) is 143 cm³/mol. The zero-order valence-electron chi connectivity index (χ0n) is 20.8. The van der Waals surface area contributed by atoms with E-state index in [0.717, 1.165) is 66.0 Å². The first kappa shape index (κ1) is 26.4. The number of rotatable bonds is 11. The number of hydrogen-bond donors (Lipinski definition) is 2. The van der Waals surface area contributed by atoms with E-state index in [9.17, 15) is 15.0 Å². The van der Waals surface area contributed by atoms with Crippen molar-refractivity contribution in [2.45, 2.75) is 44.6 Å². The average molecular weight is 511 g/mol. The number of benzene rings is 2. The van der Waals surface area contributed by atoms with Gasteiger partial charge >= 0.3 is 5.97 Å². The van der Waals surface area contributed by atoms with Gasteiger partial charge in [0.2, 0.25) is 0 Å². The molecule has 1 fully saturated rings. The lowest BCUT2D eigenvalue weighted by atomic mass is 9.81. The number of aliphatic hydroxyl groups excluding tert-OH is 1. The summed E-state index contributed by atoms with van der Waals surface area (Å²) in [6.07, 6.45) is 6.17. The number of aliphatic carboxylic acids is 1. The highest BCUT2D eigenvalue weighted by atomic mass is 35.5. The lowest BCUT2D eigenvalue weighted by Gasteiger charge is -2.37. The van der Waals surface area contributed by atoms with Gasteiger partial charge in [-0.2, -0.15) is 0 Å². The summed E-state index contributed by atoms with van der Waals surface area (Å²) in [6.45, 7) is 2.39. The Bertz CT molecular complexity index is 1150. The van der Waals surface area contributed by atoms with Crippen LogP contribution < -0.4 is 4.74 Å². The molecular formula is C29H35ClN2O4. The van der Waals surface area contributed by atoms with Gasteiger partial charge in [0.1, 0.15) is 5.75 Å². The molecule has 7 heteroatoms. The molecule has 6 nitrogen and oxygen atoms in total. The van der Waals surface area contributed by atoms with E-state index in [0.29, 0.717) is 19.4 Å². The van der Waals surface area contributed by atoms with E-state index < -0.39 is 18.0 Å². The van der Waals surface area contributed by atoms with Crippen LogP contribution in [-0.4, -0.2) is 52.8 Å². The minimum atomic E-state index is -0.737. The Morgan fingerprint density at radius 2 is 2.00 bits per heavy atom. The standard InChI is InChI=1S/C29H35ClN2O4/c1-36-23-10-11-27-25(18-23)24(13-15-31-27)28(33)12-7-21-14-17-32(19-26(21)29(34)35)16-3-2-4-20-5-8-22(30)9-6-20/h5-6,8-11,13,15,18,21,26,28,33H,2-4,7,12,14,16-17,19H2,1H3,(H,34,35)/t21-,26+,28+/m1/s1. The number of carbonyl (C=O) groups is 1. The fourth-order valence-electron chi connectivity index (χ4n) is 5.30. The quantitative estimate of drug-likeness (QED) is 0.319. The van der Waals surface area contributed by atoms with E-state index in [4.69, 9.17) is 16.3 Å². The second kappa shape index (κ2) is 12.5. The van der Waals surface area contributed by atoms with Crippen molar-refractivity contribution in [1.82, 2.24) is 9.88 Å². The zero-order valence-corrected chi connectivity index (χ0v) is 21.5. The molecule has 1 saturated heterocycles. The van der Waals surface area contributed by atoms with Crippen LogP contribution in [0.1, 0.15) is 49.3 Å². The van der Waals surface area contributed by atoms with Gasteiger partial charge in [-0.25, -0.2) is 0 Å². The molecule has 3 atom stereocenters. The number of aliphatic hydroxyl groups is 1. The third kappa shape index (κ3) is 6.75. The molecule has 0 aliphatic carbocycles. The molecule has 2 heterocycles. The lowest BCUT2D eigenvalue weighted by molar-refractivity contribution is -0.146. The number of nitrogens with zero attached hydrogens (tertiary/aromatic N) is 2. The molecule has 1 aliphatic rings. The first-order valence-corrected chi connectivity index (χ1v) is 13.1. The van der Waals surface area contributed by atoms with E-state index in [-0.39, 0.29) is 5.92 Å². The van der Waals surface area contributed by atoms with E-state index in [1.54, 1.807) is 13.3 Å². The number of hydrogen-bond acceptors (Lipinski definition) is 5. The maximum atomic E-state index is 12.1. The molecule has 0 spiro atoms. The Morgan fingerprint density at radius 3 is 2.75 bits per heavy atom. The van der Waals surface area contributed by atoms with Crippen LogP contribution >= 0.6 is 11.6 Å². The van der Waals surface area contributed by atoms with E-state index >= 15 is 0 Å². The molecule has 0 radical (unpaired) electrons. The SMILES string of the molecule is COc1ccc2nccc([C@@H](O)CC[C@@H]3CCN(CCCCc4ccc(Cl)cc4)C[C@@H]3C(=O)O)c2c1. The minimum absolute atomic E-state index is 0.0603. The number of ether oxygens (including phenoxy) is 1. The molecule has 1 aliphatic heterocycles. The fourth-order valence-corrected chi connectivity index (χ4v) is 5.43. The number of fused-ring (bicyclic) bond motifs is 1. The van der Waals surface area contributed by atoms with Gasteiger partial charge < -0.3 is 19.8 Å². The van der Waals surface area contributed by atoms with Crippen molar-refractivity contribution in [2.24, 2.45) is 11.8 Å². The molecule has 1 aromatic heterocycles. The molecular weight excluding hydrogens is 476 g/mol. The van der Waals surface area contributed by atoms with Crippen molar-refractivity contribution >= 4 is 28.5 Å². The van der Waals surface area contributed by atoms with Crippen LogP contribution in [0.25, 0.3) is 10.9 Å². The highest BCUT2D eigenvalue weighted by molar-refractivity contribution is 6.30. The molecule has 36 heavy (non-hydrogen) atoms. The lowest BCUT2D eigenvalue weighted by Crippen LogP contribution is -2.44. The summed E-state index contributed by atoms with van der Waals surface area (Å²) in [5, 5.41) is 22.6. The third-order valence-corrected chi connectivity index (χ3v) is 7.66. The average Bonchev–Trinajstić information content (AvgIpc) is 2.90. The number of aryl methyl sites for hydroxylation is 1. The summed E-state index contributed by atoms with van der Waals surface area (Å²) in [6, 6.07) is 15.4. The summed E-state index contributed by atoms with van der Waals surface area (Å²) in [5.74, 6) is -0.364. The normalized spacial score (nSPS) is 19.3. The van der Waals surface area contributed by atoms with Crippen LogP contribution in [0.4, 0.5) is 0 Å².